The Bertz CT molecular complexity index is 802. The van der Waals surface area contributed by atoms with Crippen molar-refractivity contribution >= 4 is 0 Å². The second kappa shape index (κ2) is 9.43. The number of rotatable bonds is 7. The Morgan fingerprint density at radius 2 is 1.64 bits per heavy atom. The SMILES string of the molecule is CCOCc1ccc(C2CCC(OCc3ccc(O)cc3F)CC2)c(F)c1F. The van der Waals surface area contributed by atoms with Gasteiger partial charge in [0.2, 0.25) is 0 Å². The van der Waals surface area contributed by atoms with Crippen LogP contribution in [0.25, 0.3) is 0 Å². The lowest BCUT2D eigenvalue weighted by molar-refractivity contribution is 0.0118. The van der Waals surface area contributed by atoms with Gasteiger partial charge < -0.3 is 14.6 Å². The molecule has 0 aromatic heterocycles. The Balaban J connectivity index is 1.55. The number of aromatic hydroxyl groups is 1. The number of phenols is 1. The molecule has 0 heterocycles. The van der Waals surface area contributed by atoms with Gasteiger partial charge in [0.25, 0.3) is 0 Å². The van der Waals surface area contributed by atoms with E-state index in [1.54, 1.807) is 19.1 Å². The molecule has 0 amide bonds. The molecule has 1 fully saturated rings. The summed E-state index contributed by atoms with van der Waals surface area (Å²) in [6.07, 6.45) is 2.72. The summed E-state index contributed by atoms with van der Waals surface area (Å²) in [5.41, 5.74) is 1.02. The van der Waals surface area contributed by atoms with Crippen LogP contribution in [-0.2, 0) is 22.7 Å². The first-order chi connectivity index (χ1) is 13.5. The molecule has 3 nitrogen and oxygen atoms in total. The molecular formula is C22H25F3O3. The zero-order valence-electron chi connectivity index (χ0n) is 15.9. The highest BCUT2D eigenvalue weighted by Gasteiger charge is 2.27. The highest BCUT2D eigenvalue weighted by atomic mass is 19.2. The van der Waals surface area contributed by atoms with Crippen LogP contribution >= 0.6 is 0 Å². The first-order valence-electron chi connectivity index (χ1n) is 9.63. The van der Waals surface area contributed by atoms with Gasteiger partial charge in [-0.25, -0.2) is 13.2 Å². The fourth-order valence-corrected chi connectivity index (χ4v) is 3.64. The predicted molar refractivity (Wildman–Crippen MR) is 99.5 cm³/mol. The van der Waals surface area contributed by atoms with Crippen LogP contribution in [0.15, 0.2) is 30.3 Å². The summed E-state index contributed by atoms with van der Waals surface area (Å²) in [5.74, 6) is -2.29. The van der Waals surface area contributed by atoms with E-state index in [0.717, 1.165) is 6.07 Å². The molecule has 0 aliphatic heterocycles. The Morgan fingerprint density at radius 3 is 2.32 bits per heavy atom. The van der Waals surface area contributed by atoms with Gasteiger partial charge >= 0.3 is 0 Å². The molecule has 0 atom stereocenters. The second-order valence-corrected chi connectivity index (χ2v) is 7.14. The fourth-order valence-electron chi connectivity index (χ4n) is 3.64. The lowest BCUT2D eigenvalue weighted by atomic mass is 9.82. The summed E-state index contributed by atoms with van der Waals surface area (Å²) in [6.45, 7) is 2.44. The smallest absolute Gasteiger partial charge is 0.164 e. The Morgan fingerprint density at radius 1 is 0.929 bits per heavy atom. The van der Waals surface area contributed by atoms with Gasteiger partial charge in [0.05, 0.1) is 19.3 Å². The normalized spacial score (nSPS) is 19.7. The van der Waals surface area contributed by atoms with E-state index in [9.17, 15) is 18.3 Å². The minimum Gasteiger partial charge on any atom is -0.508 e. The zero-order chi connectivity index (χ0) is 20.1. The van der Waals surface area contributed by atoms with Crippen molar-refractivity contribution in [1.82, 2.24) is 0 Å². The van der Waals surface area contributed by atoms with Crippen LogP contribution in [0.4, 0.5) is 13.2 Å². The number of benzene rings is 2. The first kappa shape index (κ1) is 20.7. The molecule has 2 aromatic rings. The van der Waals surface area contributed by atoms with E-state index in [1.165, 1.54) is 12.1 Å². The summed E-state index contributed by atoms with van der Waals surface area (Å²) in [7, 11) is 0. The molecule has 152 valence electrons. The average Bonchev–Trinajstić information content (AvgIpc) is 2.69. The third kappa shape index (κ3) is 4.86. The Kier molecular flexibility index (Phi) is 6.97. The van der Waals surface area contributed by atoms with Crippen LogP contribution in [0.2, 0.25) is 0 Å². The molecule has 6 heteroatoms. The molecule has 0 saturated heterocycles. The molecule has 1 aliphatic carbocycles. The zero-order valence-corrected chi connectivity index (χ0v) is 15.9. The van der Waals surface area contributed by atoms with Crippen LogP contribution in [-0.4, -0.2) is 17.8 Å². The first-order valence-corrected chi connectivity index (χ1v) is 9.63. The fraction of sp³-hybridized carbons (Fsp3) is 0.455. The van der Waals surface area contributed by atoms with Gasteiger partial charge in [-0.3, -0.25) is 0 Å². The molecule has 1 N–H and O–H groups in total. The van der Waals surface area contributed by atoms with Gasteiger partial charge in [-0.05, 0) is 50.2 Å². The lowest BCUT2D eigenvalue weighted by Crippen LogP contribution is -2.21. The number of ether oxygens (including phenoxy) is 2. The van der Waals surface area contributed by atoms with Gasteiger partial charge in [0, 0.05) is 23.8 Å². The summed E-state index contributed by atoms with van der Waals surface area (Å²) in [5, 5.41) is 9.25. The van der Waals surface area contributed by atoms with E-state index < -0.39 is 17.5 Å². The van der Waals surface area contributed by atoms with Crippen molar-refractivity contribution in [3.63, 3.8) is 0 Å². The predicted octanol–water partition coefficient (Wildman–Crippen LogP) is 5.59. The van der Waals surface area contributed by atoms with Crippen molar-refractivity contribution in [2.45, 2.75) is 57.8 Å². The van der Waals surface area contributed by atoms with E-state index in [2.05, 4.69) is 0 Å². The number of hydrogen-bond donors (Lipinski definition) is 1. The van der Waals surface area contributed by atoms with Crippen molar-refractivity contribution in [3.8, 4) is 5.75 Å². The molecule has 2 aromatic carbocycles. The maximum atomic E-state index is 14.5. The van der Waals surface area contributed by atoms with Crippen molar-refractivity contribution < 1.29 is 27.8 Å². The molecule has 0 unspecified atom stereocenters. The quantitative estimate of drug-likeness (QED) is 0.665. The van der Waals surface area contributed by atoms with Crippen molar-refractivity contribution in [2.24, 2.45) is 0 Å². The number of hydrogen-bond acceptors (Lipinski definition) is 3. The van der Waals surface area contributed by atoms with Crippen LogP contribution in [0.3, 0.4) is 0 Å². The molecule has 3 rings (SSSR count). The average molecular weight is 394 g/mol. The largest absolute Gasteiger partial charge is 0.508 e. The molecule has 0 bridgehead atoms. The van der Waals surface area contributed by atoms with Crippen LogP contribution in [0.1, 0.15) is 55.2 Å². The van der Waals surface area contributed by atoms with Gasteiger partial charge in [-0.2, -0.15) is 0 Å². The van der Waals surface area contributed by atoms with Gasteiger partial charge in [0.15, 0.2) is 11.6 Å². The summed E-state index contributed by atoms with van der Waals surface area (Å²) in [6, 6.07) is 7.23. The third-order valence-electron chi connectivity index (χ3n) is 5.28. The number of halogens is 3. The molecule has 0 spiro atoms. The molecule has 28 heavy (non-hydrogen) atoms. The monoisotopic (exact) mass is 394 g/mol. The maximum absolute atomic E-state index is 14.5. The highest BCUT2D eigenvalue weighted by molar-refractivity contribution is 5.29. The minimum absolute atomic E-state index is 0.0467. The van der Waals surface area contributed by atoms with Crippen molar-refractivity contribution in [1.29, 1.82) is 0 Å². The number of phenolic OH excluding ortho intramolecular Hbond substituents is 1. The summed E-state index contributed by atoms with van der Waals surface area (Å²) < 4.78 is 53.5. The van der Waals surface area contributed by atoms with Gasteiger partial charge in [-0.15, -0.1) is 0 Å². The van der Waals surface area contributed by atoms with E-state index in [4.69, 9.17) is 9.47 Å². The van der Waals surface area contributed by atoms with E-state index in [0.29, 0.717) is 43.4 Å². The molecule has 1 saturated carbocycles. The van der Waals surface area contributed by atoms with Crippen LogP contribution < -0.4 is 0 Å². The van der Waals surface area contributed by atoms with E-state index in [-0.39, 0.29) is 36.5 Å². The van der Waals surface area contributed by atoms with E-state index >= 15 is 0 Å². The topological polar surface area (TPSA) is 38.7 Å². The summed E-state index contributed by atoms with van der Waals surface area (Å²) in [4.78, 5) is 0. The molecular weight excluding hydrogens is 369 g/mol. The van der Waals surface area contributed by atoms with Crippen molar-refractivity contribution in [2.75, 3.05) is 6.61 Å². The third-order valence-corrected chi connectivity index (χ3v) is 5.28. The second-order valence-electron chi connectivity index (χ2n) is 7.14. The Hall–Kier alpha value is -2.05. The van der Waals surface area contributed by atoms with E-state index in [1.807, 2.05) is 0 Å². The van der Waals surface area contributed by atoms with Crippen LogP contribution in [0.5, 0.6) is 5.75 Å². The Labute approximate surface area is 163 Å². The summed E-state index contributed by atoms with van der Waals surface area (Å²) >= 11 is 0. The minimum atomic E-state index is -0.827. The van der Waals surface area contributed by atoms with Crippen LogP contribution in [0, 0.1) is 17.5 Å². The highest BCUT2D eigenvalue weighted by Crippen LogP contribution is 2.36. The lowest BCUT2D eigenvalue weighted by Gasteiger charge is -2.29. The molecule has 0 radical (unpaired) electrons. The maximum Gasteiger partial charge on any atom is 0.164 e. The van der Waals surface area contributed by atoms with Gasteiger partial charge in [-0.1, -0.05) is 18.2 Å². The van der Waals surface area contributed by atoms with Crippen molar-refractivity contribution in [3.05, 3.63) is 64.5 Å². The molecule has 1 aliphatic rings. The van der Waals surface area contributed by atoms with Gasteiger partial charge in [0.1, 0.15) is 11.6 Å². The standard InChI is InChI=1S/C22H25F3O3/c1-2-27-12-16-6-10-19(22(25)21(16)24)14-4-8-18(9-5-14)28-13-15-3-7-17(26)11-20(15)23/h3,6-7,10-11,14,18,26H,2,4-5,8-9,12-13H2,1H3.